The van der Waals surface area contributed by atoms with Crippen molar-refractivity contribution >= 4 is 5.97 Å². The Balaban J connectivity index is 2.98. The van der Waals surface area contributed by atoms with Crippen LogP contribution in [0.1, 0.15) is 72.6 Å². The average molecular weight is 651 g/mol. The van der Waals surface area contributed by atoms with Gasteiger partial charge in [-0.2, -0.15) is 0 Å². The molecule has 46 heavy (non-hydrogen) atoms. The lowest BCUT2D eigenvalue weighted by atomic mass is 9.90. The van der Waals surface area contributed by atoms with Gasteiger partial charge >= 0.3 is 5.97 Å². The van der Waals surface area contributed by atoms with Gasteiger partial charge in [0.25, 0.3) is 0 Å². The standard InChI is InChI=1S/C36H58O10/c1-24(2)36-25(3)16-17-27(37)18-28(38)19-29(39)20-30(40)21-31(41)22-32(42)23-34(44)26(4)33(43)14-12-10-8-6-5-7-9-11-13-15-35(45)46-36/h5-13,15-17,24-34,36-44H,14,18-23H2,1-4H3/b7-5+,8-6+,11-9+,12-10+,15-13+,17-16+/t25-,26-,27-,28-,29+,30-,31+,32+,33-,34+,36-/m0/s1. The van der Waals surface area contributed by atoms with Gasteiger partial charge in [-0.25, -0.2) is 4.79 Å². The van der Waals surface area contributed by atoms with Crippen molar-refractivity contribution in [2.45, 2.75) is 128 Å². The van der Waals surface area contributed by atoms with Crippen molar-refractivity contribution in [3.05, 3.63) is 72.9 Å². The van der Waals surface area contributed by atoms with Crippen LogP contribution in [-0.2, 0) is 9.53 Å². The Bertz CT molecular complexity index is 1020. The molecule has 10 nitrogen and oxygen atoms in total. The molecular weight excluding hydrogens is 592 g/mol. The second-order valence-electron chi connectivity index (χ2n) is 12.8. The van der Waals surface area contributed by atoms with E-state index < -0.39 is 66.8 Å². The lowest BCUT2D eigenvalue weighted by Crippen LogP contribution is -2.34. The number of rotatable bonds is 1. The summed E-state index contributed by atoms with van der Waals surface area (Å²) in [7, 11) is 0. The number of carbonyl (C=O) groups excluding carboxylic acids is 1. The Hall–Kier alpha value is -2.41. The van der Waals surface area contributed by atoms with Gasteiger partial charge in [-0.15, -0.1) is 0 Å². The molecule has 0 spiro atoms. The van der Waals surface area contributed by atoms with Crippen molar-refractivity contribution in [3.8, 4) is 0 Å². The summed E-state index contributed by atoms with van der Waals surface area (Å²) < 4.78 is 5.65. The Labute approximate surface area is 274 Å². The third-order valence-electron chi connectivity index (χ3n) is 8.01. The van der Waals surface area contributed by atoms with Gasteiger partial charge in [0, 0.05) is 24.3 Å². The van der Waals surface area contributed by atoms with Crippen molar-refractivity contribution in [1.82, 2.24) is 0 Å². The van der Waals surface area contributed by atoms with Crippen LogP contribution >= 0.6 is 0 Å². The molecular formula is C36H58O10. The van der Waals surface area contributed by atoms with E-state index in [0.29, 0.717) is 6.42 Å². The summed E-state index contributed by atoms with van der Waals surface area (Å²) >= 11 is 0. The monoisotopic (exact) mass is 650 g/mol. The van der Waals surface area contributed by atoms with Crippen molar-refractivity contribution < 1.29 is 50.4 Å². The lowest BCUT2D eigenvalue weighted by Gasteiger charge is -2.26. The number of allylic oxidation sites excluding steroid dienone is 8. The van der Waals surface area contributed by atoms with Crippen LogP contribution < -0.4 is 0 Å². The summed E-state index contributed by atoms with van der Waals surface area (Å²) in [6, 6.07) is 0. The zero-order valence-corrected chi connectivity index (χ0v) is 27.7. The van der Waals surface area contributed by atoms with Gasteiger partial charge in [0.15, 0.2) is 0 Å². The maximum absolute atomic E-state index is 12.4. The second-order valence-corrected chi connectivity index (χ2v) is 12.8. The molecule has 1 rings (SSSR count). The Kier molecular flexibility index (Phi) is 20.8. The number of aliphatic hydroxyl groups is 8. The van der Waals surface area contributed by atoms with E-state index in [0.717, 1.165) is 0 Å². The van der Waals surface area contributed by atoms with Crippen LogP contribution in [0, 0.1) is 17.8 Å². The smallest absolute Gasteiger partial charge is 0.331 e. The molecule has 0 aliphatic carbocycles. The zero-order valence-electron chi connectivity index (χ0n) is 27.7. The van der Waals surface area contributed by atoms with E-state index >= 15 is 0 Å². The van der Waals surface area contributed by atoms with E-state index in [-0.39, 0.29) is 50.4 Å². The van der Waals surface area contributed by atoms with Crippen LogP contribution in [0.2, 0.25) is 0 Å². The first-order chi connectivity index (χ1) is 21.7. The molecule has 0 unspecified atom stereocenters. The predicted molar refractivity (Wildman–Crippen MR) is 178 cm³/mol. The highest BCUT2D eigenvalue weighted by Crippen LogP contribution is 2.22. The largest absolute Gasteiger partial charge is 0.458 e. The summed E-state index contributed by atoms with van der Waals surface area (Å²) in [6.07, 6.45) is 11.3. The maximum Gasteiger partial charge on any atom is 0.331 e. The summed E-state index contributed by atoms with van der Waals surface area (Å²) in [5.41, 5.74) is 0. The third-order valence-corrected chi connectivity index (χ3v) is 8.01. The van der Waals surface area contributed by atoms with E-state index in [9.17, 15) is 45.6 Å². The van der Waals surface area contributed by atoms with Crippen LogP contribution in [-0.4, -0.2) is 102 Å². The zero-order chi connectivity index (χ0) is 34.6. The summed E-state index contributed by atoms with van der Waals surface area (Å²) in [5.74, 6) is -1.25. The second kappa shape index (κ2) is 23.0. The molecule has 0 aromatic carbocycles. The average Bonchev–Trinajstić information content (AvgIpc) is 2.95. The Morgan fingerprint density at radius 3 is 1.59 bits per heavy atom. The molecule has 8 N–H and O–H groups in total. The van der Waals surface area contributed by atoms with Gasteiger partial charge in [-0.1, -0.05) is 94.5 Å². The maximum atomic E-state index is 12.4. The van der Waals surface area contributed by atoms with Crippen LogP contribution in [0.3, 0.4) is 0 Å². The molecule has 0 fully saturated rings. The number of hydrogen-bond acceptors (Lipinski definition) is 10. The highest BCUT2D eigenvalue weighted by atomic mass is 16.5. The topological polar surface area (TPSA) is 188 Å². The molecule has 0 aromatic rings. The molecule has 0 saturated heterocycles. The Morgan fingerprint density at radius 2 is 1.07 bits per heavy atom. The number of hydrogen-bond donors (Lipinski definition) is 8. The summed E-state index contributed by atoms with van der Waals surface area (Å²) in [6.45, 7) is 7.40. The summed E-state index contributed by atoms with van der Waals surface area (Å²) in [5, 5.41) is 83.2. The molecule has 11 atom stereocenters. The van der Waals surface area contributed by atoms with Crippen molar-refractivity contribution in [2.24, 2.45) is 17.8 Å². The van der Waals surface area contributed by atoms with Gasteiger partial charge in [0.1, 0.15) is 6.10 Å². The van der Waals surface area contributed by atoms with Crippen molar-refractivity contribution in [2.75, 3.05) is 0 Å². The molecule has 0 amide bonds. The number of ether oxygens (including phenoxy) is 1. The van der Waals surface area contributed by atoms with E-state index in [4.69, 9.17) is 4.74 Å². The molecule has 10 heteroatoms. The van der Waals surface area contributed by atoms with E-state index in [2.05, 4.69) is 0 Å². The minimum absolute atomic E-state index is 0.00324. The quantitative estimate of drug-likeness (QED) is 0.155. The highest BCUT2D eigenvalue weighted by Gasteiger charge is 2.27. The molecule has 262 valence electrons. The normalized spacial score (nSPS) is 40.4. The van der Waals surface area contributed by atoms with Gasteiger partial charge in [-0.3, -0.25) is 0 Å². The Morgan fingerprint density at radius 1 is 0.609 bits per heavy atom. The van der Waals surface area contributed by atoms with Gasteiger partial charge in [0.2, 0.25) is 0 Å². The van der Waals surface area contributed by atoms with Gasteiger partial charge in [-0.05, 0) is 44.4 Å². The molecule has 1 aliphatic heterocycles. The number of esters is 1. The van der Waals surface area contributed by atoms with E-state index in [1.54, 1.807) is 67.7 Å². The van der Waals surface area contributed by atoms with E-state index in [1.165, 1.54) is 12.2 Å². The summed E-state index contributed by atoms with van der Waals surface area (Å²) in [4.78, 5) is 12.4. The molecule has 0 bridgehead atoms. The molecule has 0 saturated carbocycles. The first-order valence-corrected chi connectivity index (χ1v) is 16.4. The molecule has 0 radical (unpaired) electrons. The van der Waals surface area contributed by atoms with E-state index in [1.807, 2.05) is 20.8 Å². The first kappa shape index (κ1) is 41.6. The fourth-order valence-corrected chi connectivity index (χ4v) is 5.31. The first-order valence-electron chi connectivity index (χ1n) is 16.4. The predicted octanol–water partition coefficient (Wildman–Crippen LogP) is 2.80. The number of aliphatic hydroxyl groups excluding tert-OH is 8. The highest BCUT2D eigenvalue weighted by molar-refractivity contribution is 5.82. The van der Waals surface area contributed by atoms with Crippen molar-refractivity contribution in [1.29, 1.82) is 0 Å². The van der Waals surface area contributed by atoms with Crippen molar-refractivity contribution in [3.63, 3.8) is 0 Å². The van der Waals surface area contributed by atoms with Crippen LogP contribution in [0.25, 0.3) is 0 Å². The fraction of sp³-hybridized carbons (Fsp3) is 0.639. The minimum atomic E-state index is -1.10. The van der Waals surface area contributed by atoms with Crippen LogP contribution in [0.5, 0.6) is 0 Å². The number of carbonyl (C=O) groups is 1. The minimum Gasteiger partial charge on any atom is -0.458 e. The molecule has 0 aromatic heterocycles. The van der Waals surface area contributed by atoms with Crippen LogP contribution in [0.15, 0.2) is 72.9 Å². The number of cyclic esters (lactones) is 1. The SMILES string of the molecule is CC(C)[C@@H]1OC(=O)/C=C/C=C/C=C/C=C/C=C/C[C@H](O)[C@H](C)[C@H](O)C[C@H](O)C[C@H](O)C[C@@H](O)C[C@H](O)C[C@@H](O)C[C@@H](O)/C=C/[C@@H]1C. The van der Waals surface area contributed by atoms with Gasteiger partial charge in [0.05, 0.1) is 48.8 Å². The fourth-order valence-electron chi connectivity index (χ4n) is 5.31. The van der Waals surface area contributed by atoms with Crippen LogP contribution in [0.4, 0.5) is 0 Å². The lowest BCUT2D eigenvalue weighted by molar-refractivity contribution is -0.147. The third kappa shape index (κ3) is 18.7. The molecule has 1 aliphatic rings. The molecule has 1 heterocycles. The van der Waals surface area contributed by atoms with Gasteiger partial charge < -0.3 is 45.6 Å².